The first-order chi connectivity index (χ1) is 8.70. The van der Waals surface area contributed by atoms with Crippen LogP contribution in [-0.4, -0.2) is 35.9 Å². The van der Waals surface area contributed by atoms with Crippen LogP contribution in [0.2, 0.25) is 0 Å². The zero-order chi connectivity index (χ0) is 12.5. The second-order valence-electron chi connectivity index (χ2n) is 4.03. The largest absolute Gasteiger partial charge is 0.360 e. The summed E-state index contributed by atoms with van der Waals surface area (Å²) in [4.78, 5) is 9.43. The molecule has 94 valence electrons. The van der Waals surface area contributed by atoms with Gasteiger partial charge in [-0.25, -0.2) is 14.5 Å². The van der Waals surface area contributed by atoms with Gasteiger partial charge in [-0.3, -0.25) is 4.68 Å². The van der Waals surface area contributed by atoms with E-state index in [-0.39, 0.29) is 0 Å². The molecule has 3 aromatic heterocycles. The van der Waals surface area contributed by atoms with E-state index in [4.69, 9.17) is 0 Å². The molecule has 0 aliphatic carbocycles. The minimum absolute atomic E-state index is 0.764. The first-order valence-corrected chi connectivity index (χ1v) is 6.43. The number of rotatable bonds is 4. The Bertz CT molecular complexity index is 633. The highest BCUT2D eigenvalue weighted by Gasteiger charge is 2.06. The third-order valence-corrected chi connectivity index (χ3v) is 3.32. The monoisotopic (exact) mass is 263 g/mol. The molecule has 1 N–H and O–H groups in total. The van der Waals surface area contributed by atoms with Gasteiger partial charge < -0.3 is 5.32 Å². The molecule has 0 spiro atoms. The topological polar surface area (TPSA) is 72.9 Å². The van der Waals surface area contributed by atoms with Gasteiger partial charge in [0, 0.05) is 20.0 Å². The summed E-state index contributed by atoms with van der Waals surface area (Å²) in [6.07, 6.45) is 4.40. The van der Waals surface area contributed by atoms with Crippen molar-refractivity contribution in [1.82, 2.24) is 29.4 Å². The summed E-state index contributed by atoms with van der Waals surface area (Å²) < 4.78 is 3.50. The van der Waals surface area contributed by atoms with Gasteiger partial charge in [-0.1, -0.05) is 11.3 Å². The van der Waals surface area contributed by atoms with Crippen LogP contribution in [0.4, 0.5) is 5.13 Å². The van der Waals surface area contributed by atoms with Crippen molar-refractivity contribution in [2.45, 2.75) is 13.3 Å². The van der Waals surface area contributed by atoms with Crippen LogP contribution in [0.5, 0.6) is 0 Å². The first kappa shape index (κ1) is 11.1. The van der Waals surface area contributed by atoms with Crippen LogP contribution in [0.25, 0.3) is 4.96 Å². The summed E-state index contributed by atoms with van der Waals surface area (Å²) in [7, 11) is 1.86. The van der Waals surface area contributed by atoms with Gasteiger partial charge in [0.05, 0.1) is 11.9 Å². The predicted octanol–water partition coefficient (Wildman–Crippen LogP) is 0.882. The second-order valence-corrected chi connectivity index (χ2v) is 4.98. The molecule has 0 aromatic carbocycles. The average molecular weight is 263 g/mol. The molecule has 0 aliphatic rings. The van der Waals surface area contributed by atoms with Gasteiger partial charge in [0.25, 0.3) is 0 Å². The van der Waals surface area contributed by atoms with Crippen molar-refractivity contribution in [2.75, 3.05) is 11.9 Å². The molecule has 7 nitrogen and oxygen atoms in total. The van der Waals surface area contributed by atoms with Gasteiger partial charge in [-0.2, -0.15) is 5.10 Å². The molecule has 0 unspecified atom stereocenters. The van der Waals surface area contributed by atoms with Crippen molar-refractivity contribution in [3.05, 3.63) is 24.0 Å². The van der Waals surface area contributed by atoms with E-state index in [1.165, 1.54) is 0 Å². The van der Waals surface area contributed by atoms with Gasteiger partial charge >= 0.3 is 0 Å². The van der Waals surface area contributed by atoms with E-state index in [1.54, 1.807) is 26.9 Å². The fraction of sp³-hybridized carbons (Fsp3) is 0.400. The van der Waals surface area contributed by atoms with Crippen LogP contribution in [0.3, 0.4) is 0 Å². The molecule has 18 heavy (non-hydrogen) atoms. The molecule has 0 amide bonds. The van der Waals surface area contributed by atoms with Gasteiger partial charge in [-0.15, -0.1) is 5.10 Å². The fourth-order valence-corrected chi connectivity index (χ4v) is 2.51. The quantitative estimate of drug-likeness (QED) is 0.756. The number of fused-ring (bicyclic) bond motifs is 1. The van der Waals surface area contributed by atoms with E-state index in [0.29, 0.717) is 0 Å². The molecule has 3 heterocycles. The van der Waals surface area contributed by atoms with Crippen molar-refractivity contribution in [3.8, 4) is 0 Å². The molecular weight excluding hydrogens is 250 g/mol. The van der Waals surface area contributed by atoms with Crippen molar-refractivity contribution in [2.24, 2.45) is 7.05 Å². The Kier molecular flexibility index (Phi) is 2.71. The Labute approximate surface area is 107 Å². The second kappa shape index (κ2) is 4.37. The Morgan fingerprint density at radius 3 is 3.00 bits per heavy atom. The SMILES string of the molecule is Cc1cn2nc(NCCc3ncn(C)n3)sc2n1. The zero-order valence-corrected chi connectivity index (χ0v) is 11.0. The lowest BCUT2D eigenvalue weighted by Crippen LogP contribution is -2.06. The van der Waals surface area contributed by atoms with E-state index in [1.807, 2.05) is 20.2 Å². The Balaban J connectivity index is 1.60. The molecule has 0 saturated heterocycles. The third kappa shape index (κ3) is 2.19. The molecule has 0 fully saturated rings. The van der Waals surface area contributed by atoms with E-state index >= 15 is 0 Å². The van der Waals surface area contributed by atoms with E-state index in [2.05, 4.69) is 25.5 Å². The summed E-state index contributed by atoms with van der Waals surface area (Å²) in [5.74, 6) is 0.835. The van der Waals surface area contributed by atoms with Crippen LogP contribution >= 0.6 is 11.3 Å². The van der Waals surface area contributed by atoms with Crippen LogP contribution < -0.4 is 5.32 Å². The zero-order valence-electron chi connectivity index (χ0n) is 10.2. The molecule has 3 aromatic rings. The number of hydrogen-bond acceptors (Lipinski definition) is 6. The molecule has 0 saturated carbocycles. The maximum atomic E-state index is 4.39. The van der Waals surface area contributed by atoms with Crippen molar-refractivity contribution < 1.29 is 0 Å². The minimum atomic E-state index is 0.764. The van der Waals surface area contributed by atoms with Gasteiger partial charge in [-0.05, 0) is 6.92 Å². The first-order valence-electron chi connectivity index (χ1n) is 5.62. The summed E-state index contributed by atoms with van der Waals surface area (Å²) in [6.45, 7) is 2.72. The number of imidazole rings is 1. The highest BCUT2D eigenvalue weighted by Crippen LogP contribution is 2.18. The standard InChI is InChI=1S/C10H13N7S/c1-7-5-17-10(13-7)18-9(15-17)11-4-3-8-12-6-16(2)14-8/h5-6H,3-4H2,1-2H3,(H,11,15). The fourth-order valence-electron chi connectivity index (χ4n) is 1.66. The summed E-state index contributed by atoms with van der Waals surface area (Å²) in [5.41, 5.74) is 0.984. The number of aryl methyl sites for hydroxylation is 2. The number of aromatic nitrogens is 6. The Hall–Kier alpha value is -1.96. The number of nitrogens with one attached hydrogen (secondary N) is 1. The summed E-state index contributed by atoms with van der Waals surface area (Å²) in [6, 6.07) is 0. The molecular formula is C10H13N7S. The lowest BCUT2D eigenvalue weighted by atomic mass is 10.4. The molecule has 0 aliphatic heterocycles. The highest BCUT2D eigenvalue weighted by molar-refractivity contribution is 7.20. The Morgan fingerprint density at radius 1 is 1.39 bits per heavy atom. The average Bonchev–Trinajstić information content (AvgIpc) is 2.94. The van der Waals surface area contributed by atoms with E-state index in [0.717, 1.165) is 34.6 Å². The van der Waals surface area contributed by atoms with Crippen molar-refractivity contribution >= 4 is 21.4 Å². The molecule has 0 radical (unpaired) electrons. The summed E-state index contributed by atoms with van der Waals surface area (Å²) >= 11 is 1.54. The molecule has 0 atom stereocenters. The third-order valence-electron chi connectivity index (χ3n) is 2.44. The maximum Gasteiger partial charge on any atom is 0.214 e. The molecule has 3 rings (SSSR count). The van der Waals surface area contributed by atoms with Gasteiger partial charge in [0.2, 0.25) is 10.1 Å². The molecule has 0 bridgehead atoms. The summed E-state index contributed by atoms with van der Waals surface area (Å²) in [5, 5.41) is 12.7. The van der Waals surface area contributed by atoms with Gasteiger partial charge in [0.1, 0.15) is 6.33 Å². The van der Waals surface area contributed by atoms with Crippen LogP contribution in [0.15, 0.2) is 12.5 Å². The number of anilines is 1. The molecule has 8 heteroatoms. The maximum absolute atomic E-state index is 4.39. The van der Waals surface area contributed by atoms with Gasteiger partial charge in [0.15, 0.2) is 5.82 Å². The van der Waals surface area contributed by atoms with Crippen molar-refractivity contribution in [3.63, 3.8) is 0 Å². The lowest BCUT2D eigenvalue weighted by molar-refractivity contribution is 0.741. The Morgan fingerprint density at radius 2 is 2.28 bits per heavy atom. The van der Waals surface area contributed by atoms with Crippen molar-refractivity contribution in [1.29, 1.82) is 0 Å². The highest BCUT2D eigenvalue weighted by atomic mass is 32.1. The van der Waals surface area contributed by atoms with E-state index in [9.17, 15) is 0 Å². The smallest absolute Gasteiger partial charge is 0.214 e. The van der Waals surface area contributed by atoms with Crippen LogP contribution in [-0.2, 0) is 13.5 Å². The normalized spacial score (nSPS) is 11.2. The van der Waals surface area contributed by atoms with Crippen LogP contribution in [0.1, 0.15) is 11.5 Å². The predicted molar refractivity (Wildman–Crippen MR) is 68.8 cm³/mol. The van der Waals surface area contributed by atoms with Crippen LogP contribution in [0, 0.1) is 6.92 Å². The van der Waals surface area contributed by atoms with E-state index < -0.39 is 0 Å². The minimum Gasteiger partial charge on any atom is -0.360 e. The number of hydrogen-bond donors (Lipinski definition) is 1. The lowest BCUT2D eigenvalue weighted by Gasteiger charge is -1.98. The number of nitrogens with zero attached hydrogens (tertiary/aromatic N) is 6.